The molecule has 7 aromatic carbocycles. The van der Waals surface area contributed by atoms with Gasteiger partial charge in [-0.25, -0.2) is 15.0 Å². The zero-order chi connectivity index (χ0) is 37.9. The number of nitrogens with zero attached hydrogens (tertiary/aromatic N) is 7. The van der Waals surface area contributed by atoms with Gasteiger partial charge in [-0.3, -0.25) is 0 Å². The second-order valence-electron chi connectivity index (χ2n) is 14.1. The van der Waals surface area contributed by atoms with Crippen molar-refractivity contribution < 1.29 is 0 Å². The lowest BCUT2D eigenvalue weighted by molar-refractivity contribution is 1.06. The second-order valence-corrected chi connectivity index (χ2v) is 14.1. The van der Waals surface area contributed by atoms with Crippen LogP contribution in [-0.2, 0) is 0 Å². The van der Waals surface area contributed by atoms with E-state index in [1.165, 1.54) is 11.1 Å². The Morgan fingerprint density at radius 1 is 0.411 bits per heavy atom. The molecule has 7 heteroatoms. The highest BCUT2D eigenvalue weighted by molar-refractivity contribution is 6.11. The van der Waals surface area contributed by atoms with Crippen LogP contribution in [0.25, 0.3) is 89.2 Å². The molecule has 0 spiro atoms. The van der Waals surface area contributed by atoms with Crippen LogP contribution in [0.15, 0.2) is 152 Å². The van der Waals surface area contributed by atoms with Gasteiger partial charge in [0.25, 0.3) is 0 Å². The van der Waals surface area contributed by atoms with Crippen LogP contribution < -0.4 is 0 Å². The lowest BCUT2D eigenvalue weighted by atomic mass is 10.1. The van der Waals surface area contributed by atoms with Crippen LogP contribution in [-0.4, -0.2) is 24.1 Å². The Hall–Kier alpha value is -7.87. The van der Waals surface area contributed by atoms with Crippen LogP contribution in [0.5, 0.6) is 0 Å². The monoisotopic (exact) mass is 717 g/mol. The Bertz CT molecular complexity index is 3100. The first-order valence-corrected chi connectivity index (χ1v) is 18.4. The van der Waals surface area contributed by atoms with Crippen molar-refractivity contribution in [2.75, 3.05) is 0 Å². The first-order chi connectivity index (χ1) is 27.5. The topological polar surface area (TPSA) is 96.1 Å². The van der Waals surface area contributed by atoms with Gasteiger partial charge in [-0.05, 0) is 86.6 Å². The summed E-state index contributed by atoms with van der Waals surface area (Å²) in [5.74, 6) is 1.29. The van der Waals surface area contributed by atoms with Gasteiger partial charge in [0, 0.05) is 38.2 Å². The van der Waals surface area contributed by atoms with E-state index in [0.29, 0.717) is 39.7 Å². The molecule has 0 saturated carbocycles. The van der Waals surface area contributed by atoms with Crippen molar-refractivity contribution in [2.24, 2.45) is 0 Å². The highest BCUT2D eigenvalue weighted by atomic mass is 15.1. The smallest absolute Gasteiger partial charge is 0.166 e. The Labute approximate surface area is 322 Å². The van der Waals surface area contributed by atoms with Crippen molar-refractivity contribution in [3.05, 3.63) is 174 Å². The van der Waals surface area contributed by atoms with Gasteiger partial charge in [0.1, 0.15) is 0 Å². The van der Waals surface area contributed by atoms with Gasteiger partial charge in [-0.2, -0.15) is 10.5 Å². The van der Waals surface area contributed by atoms with Crippen molar-refractivity contribution in [3.8, 4) is 57.7 Å². The summed E-state index contributed by atoms with van der Waals surface area (Å²) in [6.07, 6.45) is 0. The molecule has 0 unspecified atom stereocenters. The van der Waals surface area contributed by atoms with E-state index in [9.17, 15) is 10.5 Å². The number of para-hydroxylation sites is 2. The summed E-state index contributed by atoms with van der Waals surface area (Å²) >= 11 is 0. The molecular weight excluding hydrogens is 687 g/mol. The molecule has 0 saturated heterocycles. The molecule has 0 atom stereocenters. The molecule has 0 bridgehead atoms. The maximum Gasteiger partial charge on any atom is 0.166 e. The number of fused-ring (bicyclic) bond motifs is 6. The van der Waals surface area contributed by atoms with Crippen LogP contribution >= 0.6 is 0 Å². The summed E-state index contributed by atoms with van der Waals surface area (Å²) in [7, 11) is 0. The van der Waals surface area contributed by atoms with Crippen LogP contribution in [0, 0.1) is 36.5 Å². The third-order valence-corrected chi connectivity index (χ3v) is 10.5. The van der Waals surface area contributed by atoms with Crippen molar-refractivity contribution in [1.29, 1.82) is 10.5 Å². The Morgan fingerprint density at radius 3 is 1.32 bits per heavy atom. The molecule has 0 fully saturated rings. The van der Waals surface area contributed by atoms with E-state index in [2.05, 4.69) is 108 Å². The van der Waals surface area contributed by atoms with Gasteiger partial charge in [-0.1, -0.05) is 90.0 Å². The van der Waals surface area contributed by atoms with E-state index < -0.39 is 0 Å². The van der Waals surface area contributed by atoms with Gasteiger partial charge in [0.15, 0.2) is 17.5 Å². The number of nitriles is 2. The van der Waals surface area contributed by atoms with Gasteiger partial charge in [0.05, 0.1) is 56.7 Å². The molecule has 0 aliphatic heterocycles. The molecule has 262 valence electrons. The van der Waals surface area contributed by atoms with Crippen LogP contribution in [0.4, 0.5) is 0 Å². The second kappa shape index (κ2) is 12.9. The molecule has 3 heterocycles. The molecule has 10 rings (SSSR count). The number of hydrogen-bond acceptors (Lipinski definition) is 5. The lowest BCUT2D eigenvalue weighted by Crippen LogP contribution is -2.06. The third kappa shape index (κ3) is 5.22. The zero-order valence-corrected chi connectivity index (χ0v) is 30.6. The normalized spacial score (nSPS) is 11.4. The fourth-order valence-electron chi connectivity index (χ4n) is 7.99. The van der Waals surface area contributed by atoms with E-state index >= 15 is 0 Å². The largest absolute Gasteiger partial charge is 0.309 e. The van der Waals surface area contributed by atoms with Crippen molar-refractivity contribution in [2.45, 2.75) is 13.8 Å². The van der Waals surface area contributed by atoms with Crippen molar-refractivity contribution >= 4 is 43.6 Å². The average molecular weight is 718 g/mol. The van der Waals surface area contributed by atoms with Crippen molar-refractivity contribution in [3.63, 3.8) is 0 Å². The summed E-state index contributed by atoms with van der Waals surface area (Å²) in [4.78, 5) is 15.6. The summed E-state index contributed by atoms with van der Waals surface area (Å²) in [5.41, 5.74) is 11.3. The Balaban J connectivity index is 1.29. The molecule has 0 aliphatic rings. The highest BCUT2D eigenvalue weighted by Gasteiger charge is 2.23. The number of aryl methyl sites for hydroxylation is 2. The van der Waals surface area contributed by atoms with Gasteiger partial charge in [-0.15, -0.1) is 0 Å². The fourth-order valence-corrected chi connectivity index (χ4v) is 7.99. The summed E-state index contributed by atoms with van der Waals surface area (Å²) in [6.45, 7) is 4.21. The highest BCUT2D eigenvalue weighted by Crippen LogP contribution is 2.39. The van der Waals surface area contributed by atoms with Crippen LogP contribution in [0.1, 0.15) is 22.3 Å². The van der Waals surface area contributed by atoms with E-state index in [-0.39, 0.29) is 0 Å². The minimum Gasteiger partial charge on any atom is -0.309 e. The van der Waals surface area contributed by atoms with Gasteiger partial charge in [0.2, 0.25) is 0 Å². The molecule has 7 nitrogen and oxygen atoms in total. The number of aromatic nitrogens is 5. The maximum atomic E-state index is 10.2. The first-order valence-electron chi connectivity index (χ1n) is 18.4. The van der Waals surface area contributed by atoms with E-state index in [1.807, 2.05) is 78.9 Å². The van der Waals surface area contributed by atoms with E-state index in [1.54, 1.807) is 0 Å². The quantitative estimate of drug-likeness (QED) is 0.177. The summed E-state index contributed by atoms with van der Waals surface area (Å²) < 4.78 is 4.46. The standard InChI is InChI=1S/C49H31N7/c1-30-16-20-43-37(24-30)35-12-6-8-14-41(35)55(43)45-22-18-32(28-50)26-39(45)48-52-47(34-10-4-3-5-11-34)53-49(54-48)40-27-33(29-51)19-23-46(40)56-42-15-9-7-13-36(42)38-25-31(2)17-21-44(38)56/h3-27H,1-2H3. The average Bonchev–Trinajstić information content (AvgIpc) is 3.75. The molecule has 0 amide bonds. The zero-order valence-electron chi connectivity index (χ0n) is 30.6. The van der Waals surface area contributed by atoms with E-state index in [4.69, 9.17) is 15.0 Å². The Morgan fingerprint density at radius 2 is 0.839 bits per heavy atom. The molecule has 3 aromatic heterocycles. The maximum absolute atomic E-state index is 10.2. The fraction of sp³-hybridized carbons (Fsp3) is 0.0408. The molecule has 56 heavy (non-hydrogen) atoms. The third-order valence-electron chi connectivity index (χ3n) is 10.5. The SMILES string of the molecule is Cc1ccc2c(c1)c1ccccc1n2-c1ccc(C#N)cc1-c1nc(-c2ccccc2)nc(-c2cc(C#N)ccc2-n2c3ccccc3c3cc(C)ccc32)n1. The van der Waals surface area contributed by atoms with E-state index in [0.717, 1.165) is 60.5 Å². The minimum atomic E-state index is 0.408. The molecule has 10 aromatic rings. The molecule has 0 N–H and O–H groups in total. The molecular formula is C49H31N7. The van der Waals surface area contributed by atoms with Gasteiger partial charge >= 0.3 is 0 Å². The predicted molar refractivity (Wildman–Crippen MR) is 224 cm³/mol. The summed E-state index contributed by atoms with van der Waals surface area (Å²) in [5, 5.41) is 25.0. The summed E-state index contributed by atoms with van der Waals surface area (Å²) in [6, 6.07) is 55.6. The number of hydrogen-bond donors (Lipinski definition) is 0. The lowest BCUT2D eigenvalue weighted by Gasteiger charge is -2.17. The first kappa shape index (κ1) is 32.8. The van der Waals surface area contributed by atoms with Gasteiger partial charge < -0.3 is 9.13 Å². The van der Waals surface area contributed by atoms with Crippen LogP contribution in [0.3, 0.4) is 0 Å². The Kier molecular flexibility index (Phi) is 7.55. The van der Waals surface area contributed by atoms with Crippen molar-refractivity contribution in [1.82, 2.24) is 24.1 Å². The number of benzene rings is 7. The van der Waals surface area contributed by atoms with Crippen LogP contribution in [0.2, 0.25) is 0 Å². The minimum absolute atomic E-state index is 0.408. The predicted octanol–water partition coefficient (Wildman–Crippen LogP) is 11.4. The molecule has 0 radical (unpaired) electrons. The molecule has 0 aliphatic carbocycles. The number of rotatable bonds is 5.